The second-order valence-electron chi connectivity index (χ2n) is 5.35. The topological polar surface area (TPSA) is 20.2 Å². The van der Waals surface area contributed by atoms with E-state index >= 15 is 0 Å². The van der Waals surface area contributed by atoms with Crippen molar-refractivity contribution in [3.8, 4) is 0 Å². The highest BCUT2D eigenvalue weighted by atomic mass is 35.5. The second kappa shape index (κ2) is 8.36. The Morgan fingerprint density at radius 3 is 1.50 bits per heavy atom. The summed E-state index contributed by atoms with van der Waals surface area (Å²) in [6.45, 7) is 0. The first-order chi connectivity index (χ1) is 7.77. The van der Waals surface area contributed by atoms with Crippen molar-refractivity contribution in [2.75, 3.05) is 5.88 Å². The first-order valence-corrected chi connectivity index (χ1v) is 7.59. The monoisotopic (exact) mass is 246 g/mol. The molecule has 0 radical (unpaired) electrons. The largest absolute Gasteiger partial charge is 0.390 e. The van der Waals surface area contributed by atoms with Crippen LogP contribution in [0.5, 0.6) is 0 Å². The van der Waals surface area contributed by atoms with E-state index in [0.717, 1.165) is 19.3 Å². The van der Waals surface area contributed by atoms with E-state index in [-0.39, 0.29) is 0 Å². The van der Waals surface area contributed by atoms with Gasteiger partial charge < -0.3 is 5.11 Å². The van der Waals surface area contributed by atoms with E-state index in [2.05, 4.69) is 0 Å². The maximum Gasteiger partial charge on any atom is 0.0659 e. The Morgan fingerprint density at radius 1 is 0.750 bits per heavy atom. The van der Waals surface area contributed by atoms with E-state index in [0.29, 0.717) is 5.88 Å². The molecule has 0 heterocycles. The molecule has 0 unspecified atom stereocenters. The van der Waals surface area contributed by atoms with Gasteiger partial charge in [0.05, 0.1) is 5.60 Å². The standard InChI is InChI=1S/C14H27ClO/c15-13-12-14(16)10-8-6-4-2-1-3-5-7-9-11-14/h16H,1-13H2. The molecule has 2 heteroatoms. The summed E-state index contributed by atoms with van der Waals surface area (Å²) in [6, 6.07) is 0. The molecule has 1 aliphatic rings. The summed E-state index contributed by atoms with van der Waals surface area (Å²) in [7, 11) is 0. The van der Waals surface area contributed by atoms with Crippen molar-refractivity contribution in [1.82, 2.24) is 0 Å². The summed E-state index contributed by atoms with van der Waals surface area (Å²) in [4.78, 5) is 0. The van der Waals surface area contributed by atoms with Crippen LogP contribution >= 0.6 is 11.6 Å². The smallest absolute Gasteiger partial charge is 0.0659 e. The molecule has 0 aromatic rings. The van der Waals surface area contributed by atoms with E-state index in [4.69, 9.17) is 11.6 Å². The molecule has 1 N–H and O–H groups in total. The maximum absolute atomic E-state index is 10.5. The highest BCUT2D eigenvalue weighted by Gasteiger charge is 2.24. The first kappa shape index (κ1) is 14.3. The quantitative estimate of drug-likeness (QED) is 0.703. The van der Waals surface area contributed by atoms with Crippen molar-refractivity contribution in [2.24, 2.45) is 0 Å². The third-order valence-corrected chi connectivity index (χ3v) is 4.03. The molecule has 0 saturated heterocycles. The van der Waals surface area contributed by atoms with Gasteiger partial charge in [-0.05, 0) is 19.3 Å². The Balaban J connectivity index is 2.35. The molecule has 1 saturated carbocycles. The predicted octanol–water partition coefficient (Wildman–Crippen LogP) is 4.65. The minimum absolute atomic E-state index is 0.457. The summed E-state index contributed by atoms with van der Waals surface area (Å²) in [6.07, 6.45) is 14.5. The molecule has 0 aliphatic heterocycles. The molecule has 1 fully saturated rings. The van der Waals surface area contributed by atoms with E-state index in [9.17, 15) is 5.11 Å². The Morgan fingerprint density at radius 2 is 1.12 bits per heavy atom. The van der Waals surface area contributed by atoms with E-state index in [1.807, 2.05) is 0 Å². The minimum Gasteiger partial charge on any atom is -0.390 e. The highest BCUT2D eigenvalue weighted by Crippen LogP contribution is 2.27. The number of hydrogen-bond donors (Lipinski definition) is 1. The molecule has 1 nitrogen and oxygen atoms in total. The Labute approximate surface area is 106 Å². The highest BCUT2D eigenvalue weighted by molar-refractivity contribution is 6.17. The summed E-state index contributed by atoms with van der Waals surface area (Å²) >= 11 is 5.79. The number of alkyl halides is 1. The van der Waals surface area contributed by atoms with Crippen molar-refractivity contribution in [2.45, 2.75) is 82.7 Å². The van der Waals surface area contributed by atoms with Gasteiger partial charge >= 0.3 is 0 Å². The number of rotatable bonds is 2. The van der Waals surface area contributed by atoms with Crippen LogP contribution in [0, 0.1) is 0 Å². The zero-order valence-corrected chi connectivity index (χ0v) is 11.3. The first-order valence-electron chi connectivity index (χ1n) is 7.05. The van der Waals surface area contributed by atoms with Crippen molar-refractivity contribution >= 4 is 11.6 Å². The van der Waals surface area contributed by atoms with Crippen LogP contribution in [0.15, 0.2) is 0 Å². The molecule has 0 aromatic carbocycles. The third-order valence-electron chi connectivity index (χ3n) is 3.84. The second-order valence-corrected chi connectivity index (χ2v) is 5.72. The van der Waals surface area contributed by atoms with Crippen LogP contribution in [0.25, 0.3) is 0 Å². The average molecular weight is 247 g/mol. The van der Waals surface area contributed by atoms with Gasteiger partial charge in [-0.2, -0.15) is 0 Å². The van der Waals surface area contributed by atoms with Crippen molar-refractivity contribution < 1.29 is 5.11 Å². The van der Waals surface area contributed by atoms with Gasteiger partial charge in [0.25, 0.3) is 0 Å². The van der Waals surface area contributed by atoms with Crippen molar-refractivity contribution in [1.29, 1.82) is 0 Å². The van der Waals surface area contributed by atoms with E-state index in [1.54, 1.807) is 0 Å². The lowest BCUT2D eigenvalue weighted by Crippen LogP contribution is -2.29. The van der Waals surface area contributed by atoms with Gasteiger partial charge in [-0.15, -0.1) is 11.6 Å². The summed E-state index contributed by atoms with van der Waals surface area (Å²) < 4.78 is 0. The minimum atomic E-state index is -0.457. The summed E-state index contributed by atoms with van der Waals surface area (Å²) in [5.74, 6) is 0.594. The number of aliphatic hydroxyl groups is 1. The lowest BCUT2D eigenvalue weighted by atomic mass is 9.87. The van der Waals surface area contributed by atoms with Crippen LogP contribution in [0.4, 0.5) is 0 Å². The lowest BCUT2D eigenvalue weighted by Gasteiger charge is -2.28. The normalized spacial score (nSPS) is 24.4. The molecular weight excluding hydrogens is 220 g/mol. The zero-order chi connectivity index (χ0) is 11.7. The molecular formula is C14H27ClO. The molecule has 0 aromatic heterocycles. The van der Waals surface area contributed by atoms with Crippen molar-refractivity contribution in [3.63, 3.8) is 0 Å². The van der Waals surface area contributed by atoms with E-state index in [1.165, 1.54) is 57.8 Å². The van der Waals surface area contributed by atoms with Gasteiger partial charge in [-0.3, -0.25) is 0 Å². The molecule has 1 aliphatic carbocycles. The Kier molecular flexibility index (Phi) is 7.47. The average Bonchev–Trinajstić information content (AvgIpc) is 2.24. The Bertz CT molecular complexity index is 158. The fourth-order valence-corrected chi connectivity index (χ4v) is 3.05. The summed E-state index contributed by atoms with van der Waals surface area (Å²) in [5.41, 5.74) is -0.457. The van der Waals surface area contributed by atoms with Crippen LogP contribution in [0.3, 0.4) is 0 Å². The fourth-order valence-electron chi connectivity index (χ4n) is 2.70. The molecule has 0 atom stereocenters. The van der Waals surface area contributed by atoms with Gasteiger partial charge in [-0.25, -0.2) is 0 Å². The van der Waals surface area contributed by atoms with Gasteiger partial charge in [0.2, 0.25) is 0 Å². The molecule has 16 heavy (non-hydrogen) atoms. The fraction of sp³-hybridized carbons (Fsp3) is 1.00. The maximum atomic E-state index is 10.5. The van der Waals surface area contributed by atoms with Gasteiger partial charge in [0.1, 0.15) is 0 Å². The Hall–Kier alpha value is 0.250. The third kappa shape index (κ3) is 6.10. The van der Waals surface area contributed by atoms with Crippen molar-refractivity contribution in [3.05, 3.63) is 0 Å². The van der Waals surface area contributed by atoms with Crippen LogP contribution in [0.2, 0.25) is 0 Å². The number of hydrogen-bond acceptors (Lipinski definition) is 1. The molecule has 0 bridgehead atoms. The molecule has 1 rings (SSSR count). The van der Waals surface area contributed by atoms with Gasteiger partial charge in [0, 0.05) is 5.88 Å². The van der Waals surface area contributed by atoms with E-state index < -0.39 is 5.60 Å². The predicted molar refractivity (Wildman–Crippen MR) is 71.1 cm³/mol. The number of halogens is 1. The van der Waals surface area contributed by atoms with Crippen LogP contribution in [-0.4, -0.2) is 16.6 Å². The summed E-state index contributed by atoms with van der Waals surface area (Å²) in [5, 5.41) is 10.5. The molecule has 0 amide bonds. The molecule has 0 spiro atoms. The van der Waals surface area contributed by atoms with Gasteiger partial charge in [-0.1, -0.05) is 57.8 Å². The van der Waals surface area contributed by atoms with Crippen LogP contribution in [0.1, 0.15) is 77.0 Å². The van der Waals surface area contributed by atoms with Crippen LogP contribution < -0.4 is 0 Å². The molecule has 96 valence electrons. The lowest BCUT2D eigenvalue weighted by molar-refractivity contribution is 0.0146. The van der Waals surface area contributed by atoms with Crippen LogP contribution in [-0.2, 0) is 0 Å². The SMILES string of the molecule is OC1(CCCl)CCCCCCCCCCC1. The van der Waals surface area contributed by atoms with Gasteiger partial charge in [0.15, 0.2) is 0 Å². The zero-order valence-electron chi connectivity index (χ0n) is 10.5.